The van der Waals surface area contributed by atoms with E-state index in [1.54, 1.807) is 18.7 Å². The van der Waals surface area contributed by atoms with E-state index >= 15 is 0 Å². The summed E-state index contributed by atoms with van der Waals surface area (Å²) in [4.78, 5) is 12.1. The number of carboxylic acids is 1. The summed E-state index contributed by atoms with van der Waals surface area (Å²) in [6.07, 6.45) is 3.62. The van der Waals surface area contributed by atoms with Crippen molar-refractivity contribution < 1.29 is 9.90 Å². The topological polar surface area (TPSA) is 37.3 Å². The molecule has 0 aromatic heterocycles. The Labute approximate surface area is 106 Å². The smallest absolute Gasteiger partial charge is 0.307 e. The van der Waals surface area contributed by atoms with Crippen molar-refractivity contribution in [1.29, 1.82) is 0 Å². The lowest BCUT2D eigenvalue weighted by atomic mass is 10.1. The van der Waals surface area contributed by atoms with Crippen molar-refractivity contribution in [3.05, 3.63) is 29.3 Å². The van der Waals surface area contributed by atoms with Crippen molar-refractivity contribution in [2.24, 2.45) is 5.92 Å². The predicted octanol–water partition coefficient (Wildman–Crippen LogP) is 3.38. The standard InChI is InChI=1S/C14H18O2S/c1-9(14(15)16)10(2)17-13-7-6-11-4-3-5-12(11)8-13/h6-10H,3-5H2,1-2H3,(H,15,16). The second-order valence-corrected chi connectivity index (χ2v) is 6.18. The molecule has 0 radical (unpaired) electrons. The normalized spacial score (nSPS) is 17.5. The summed E-state index contributed by atoms with van der Waals surface area (Å²) in [6, 6.07) is 6.56. The number of benzene rings is 1. The molecule has 2 rings (SSSR count). The zero-order chi connectivity index (χ0) is 12.4. The lowest BCUT2D eigenvalue weighted by Gasteiger charge is -2.15. The highest BCUT2D eigenvalue weighted by molar-refractivity contribution is 8.00. The molecular weight excluding hydrogens is 232 g/mol. The summed E-state index contributed by atoms with van der Waals surface area (Å²) in [5.41, 5.74) is 2.92. The van der Waals surface area contributed by atoms with Gasteiger partial charge in [-0.05, 0) is 42.5 Å². The van der Waals surface area contributed by atoms with Gasteiger partial charge in [-0.2, -0.15) is 0 Å². The van der Waals surface area contributed by atoms with Crippen LogP contribution in [0, 0.1) is 5.92 Å². The molecule has 0 bridgehead atoms. The number of hydrogen-bond acceptors (Lipinski definition) is 2. The Kier molecular flexibility index (Phi) is 3.77. The number of fused-ring (bicyclic) bond motifs is 1. The Morgan fingerprint density at radius 3 is 2.71 bits per heavy atom. The van der Waals surface area contributed by atoms with Gasteiger partial charge in [-0.25, -0.2) is 0 Å². The first-order valence-corrected chi connectivity index (χ1v) is 6.97. The molecule has 2 atom stereocenters. The number of aryl methyl sites for hydroxylation is 2. The maximum absolute atomic E-state index is 10.9. The van der Waals surface area contributed by atoms with Gasteiger partial charge in [0.05, 0.1) is 5.92 Å². The van der Waals surface area contributed by atoms with Crippen LogP contribution in [-0.4, -0.2) is 16.3 Å². The Hall–Kier alpha value is -0.960. The summed E-state index contributed by atoms with van der Waals surface area (Å²) in [5, 5.41) is 9.08. The van der Waals surface area contributed by atoms with Crippen LogP contribution in [0.3, 0.4) is 0 Å². The first-order valence-electron chi connectivity index (χ1n) is 6.09. The third-order valence-corrected chi connectivity index (χ3v) is 4.79. The van der Waals surface area contributed by atoms with E-state index in [9.17, 15) is 4.79 Å². The van der Waals surface area contributed by atoms with Crippen LogP contribution in [0.1, 0.15) is 31.4 Å². The summed E-state index contributed by atoms with van der Waals surface area (Å²) in [5.74, 6) is -1.03. The van der Waals surface area contributed by atoms with Gasteiger partial charge in [0.15, 0.2) is 0 Å². The summed E-state index contributed by atoms with van der Waals surface area (Å²) >= 11 is 1.67. The highest BCUT2D eigenvalue weighted by Crippen LogP contribution is 2.32. The molecule has 0 amide bonds. The van der Waals surface area contributed by atoms with Gasteiger partial charge in [0, 0.05) is 10.1 Å². The quantitative estimate of drug-likeness (QED) is 0.832. The van der Waals surface area contributed by atoms with Gasteiger partial charge in [-0.1, -0.05) is 19.9 Å². The van der Waals surface area contributed by atoms with Gasteiger partial charge in [-0.3, -0.25) is 4.79 Å². The molecular formula is C14H18O2S. The van der Waals surface area contributed by atoms with Gasteiger partial charge >= 0.3 is 5.97 Å². The van der Waals surface area contributed by atoms with Crippen LogP contribution in [-0.2, 0) is 17.6 Å². The SMILES string of the molecule is CC(Sc1ccc2c(c1)CCC2)C(C)C(=O)O. The Morgan fingerprint density at radius 2 is 2.00 bits per heavy atom. The van der Waals surface area contributed by atoms with Gasteiger partial charge < -0.3 is 5.11 Å². The number of aliphatic carboxylic acids is 1. The molecule has 0 aliphatic heterocycles. The molecule has 1 aromatic rings. The average molecular weight is 250 g/mol. The van der Waals surface area contributed by atoms with E-state index in [-0.39, 0.29) is 11.2 Å². The molecule has 0 fully saturated rings. The van der Waals surface area contributed by atoms with Crippen molar-refractivity contribution in [3.8, 4) is 0 Å². The molecule has 2 unspecified atom stereocenters. The van der Waals surface area contributed by atoms with Crippen LogP contribution < -0.4 is 0 Å². The van der Waals surface area contributed by atoms with Crippen molar-refractivity contribution >= 4 is 17.7 Å². The first kappa shape index (κ1) is 12.5. The zero-order valence-electron chi connectivity index (χ0n) is 10.3. The highest BCUT2D eigenvalue weighted by atomic mass is 32.2. The summed E-state index contributed by atoms with van der Waals surface area (Å²) < 4.78 is 0. The van der Waals surface area contributed by atoms with E-state index in [2.05, 4.69) is 18.2 Å². The zero-order valence-corrected chi connectivity index (χ0v) is 11.1. The van der Waals surface area contributed by atoms with Crippen LogP contribution in [0.15, 0.2) is 23.1 Å². The van der Waals surface area contributed by atoms with Crippen molar-refractivity contribution in [1.82, 2.24) is 0 Å². The predicted molar refractivity (Wildman–Crippen MR) is 70.6 cm³/mol. The number of hydrogen-bond donors (Lipinski definition) is 1. The van der Waals surface area contributed by atoms with Gasteiger partial charge in [0.1, 0.15) is 0 Å². The maximum atomic E-state index is 10.9. The second kappa shape index (κ2) is 5.13. The van der Waals surface area contributed by atoms with Crippen LogP contribution in [0.5, 0.6) is 0 Å². The summed E-state index contributed by atoms with van der Waals surface area (Å²) in [7, 11) is 0. The number of carbonyl (C=O) groups is 1. The molecule has 17 heavy (non-hydrogen) atoms. The van der Waals surface area contributed by atoms with E-state index in [0.29, 0.717) is 0 Å². The lowest BCUT2D eigenvalue weighted by molar-refractivity contribution is -0.140. The van der Waals surface area contributed by atoms with Crippen molar-refractivity contribution in [2.75, 3.05) is 0 Å². The molecule has 1 aromatic carbocycles. The van der Waals surface area contributed by atoms with E-state index in [1.165, 1.54) is 35.3 Å². The fraction of sp³-hybridized carbons (Fsp3) is 0.500. The second-order valence-electron chi connectivity index (χ2n) is 4.73. The Bertz CT molecular complexity index is 428. The third kappa shape index (κ3) is 2.83. The van der Waals surface area contributed by atoms with E-state index in [1.807, 2.05) is 6.92 Å². The molecule has 0 saturated heterocycles. The fourth-order valence-corrected chi connectivity index (χ4v) is 3.25. The molecule has 0 spiro atoms. The lowest BCUT2D eigenvalue weighted by Crippen LogP contribution is -2.19. The molecule has 1 aliphatic rings. The summed E-state index contributed by atoms with van der Waals surface area (Å²) in [6.45, 7) is 3.75. The van der Waals surface area contributed by atoms with E-state index in [0.717, 1.165) is 0 Å². The third-order valence-electron chi connectivity index (χ3n) is 3.49. The van der Waals surface area contributed by atoms with Crippen molar-refractivity contribution in [3.63, 3.8) is 0 Å². The van der Waals surface area contributed by atoms with Gasteiger partial charge in [0.25, 0.3) is 0 Å². The number of rotatable bonds is 4. The maximum Gasteiger partial charge on any atom is 0.307 e. The molecule has 92 valence electrons. The number of carboxylic acid groups (broad SMARTS) is 1. The van der Waals surface area contributed by atoms with E-state index in [4.69, 9.17) is 5.11 Å². The molecule has 3 heteroatoms. The molecule has 2 nitrogen and oxygen atoms in total. The average Bonchev–Trinajstić information content (AvgIpc) is 2.74. The van der Waals surface area contributed by atoms with Gasteiger partial charge in [-0.15, -0.1) is 11.8 Å². The fourth-order valence-electron chi connectivity index (χ4n) is 2.14. The minimum atomic E-state index is -0.717. The Balaban J connectivity index is 2.06. The minimum absolute atomic E-state index is 0.104. The van der Waals surface area contributed by atoms with Crippen LogP contribution >= 0.6 is 11.8 Å². The van der Waals surface area contributed by atoms with Crippen molar-refractivity contribution in [2.45, 2.75) is 43.3 Å². The van der Waals surface area contributed by atoms with E-state index < -0.39 is 5.97 Å². The Morgan fingerprint density at radius 1 is 1.29 bits per heavy atom. The largest absolute Gasteiger partial charge is 0.481 e. The number of thioether (sulfide) groups is 1. The molecule has 1 N–H and O–H groups in total. The minimum Gasteiger partial charge on any atom is -0.481 e. The molecule has 0 heterocycles. The molecule has 0 saturated carbocycles. The van der Waals surface area contributed by atoms with Gasteiger partial charge in [0.2, 0.25) is 0 Å². The first-order chi connectivity index (χ1) is 8.08. The highest BCUT2D eigenvalue weighted by Gasteiger charge is 2.21. The van der Waals surface area contributed by atoms with Crippen LogP contribution in [0.4, 0.5) is 0 Å². The van der Waals surface area contributed by atoms with Crippen LogP contribution in [0.2, 0.25) is 0 Å². The monoisotopic (exact) mass is 250 g/mol. The van der Waals surface area contributed by atoms with Crippen LogP contribution in [0.25, 0.3) is 0 Å². The molecule has 1 aliphatic carbocycles.